The van der Waals surface area contributed by atoms with E-state index in [1.807, 2.05) is 30.3 Å². The molecule has 0 atom stereocenters. The molecule has 1 aromatic rings. The van der Waals surface area contributed by atoms with Gasteiger partial charge in [-0.15, -0.1) is 0 Å². The number of carboxylic acid groups (broad SMARTS) is 1. The second kappa shape index (κ2) is 6.89. The third-order valence-electron chi connectivity index (χ3n) is 2.48. The maximum atomic E-state index is 12.0. The molecular formula is C16H20O4. The number of aryl methyl sites for hydroxylation is 1. The van der Waals surface area contributed by atoms with Gasteiger partial charge in [0.2, 0.25) is 0 Å². The second-order valence-corrected chi connectivity index (χ2v) is 5.50. The average Bonchev–Trinajstić information content (AvgIpc) is 2.33. The van der Waals surface area contributed by atoms with Crippen LogP contribution < -0.4 is 0 Å². The fraction of sp³-hybridized carbons (Fsp3) is 0.375. The summed E-state index contributed by atoms with van der Waals surface area (Å²) in [6.07, 6.45) is 1.86. The number of carboxylic acids is 1. The normalized spacial score (nSPS) is 12.1. The highest BCUT2D eigenvalue weighted by atomic mass is 16.6. The lowest BCUT2D eigenvalue weighted by Crippen LogP contribution is -2.25. The van der Waals surface area contributed by atoms with Crippen molar-refractivity contribution in [2.24, 2.45) is 0 Å². The zero-order valence-corrected chi connectivity index (χ0v) is 12.1. The molecule has 1 N–H and O–H groups in total. The Morgan fingerprint density at radius 3 is 2.30 bits per heavy atom. The number of hydrogen-bond acceptors (Lipinski definition) is 3. The number of carbonyl (C=O) groups excluding carboxylic acids is 1. The number of esters is 1. The van der Waals surface area contributed by atoms with Crippen LogP contribution in [0.1, 0.15) is 32.8 Å². The molecule has 1 aromatic carbocycles. The largest absolute Gasteiger partial charge is 0.478 e. The van der Waals surface area contributed by atoms with E-state index in [1.165, 1.54) is 0 Å². The Kier molecular flexibility index (Phi) is 5.50. The zero-order valence-electron chi connectivity index (χ0n) is 12.1. The van der Waals surface area contributed by atoms with Crippen molar-refractivity contribution in [1.82, 2.24) is 0 Å². The summed E-state index contributed by atoms with van der Waals surface area (Å²) < 4.78 is 5.22. The lowest BCUT2D eigenvalue weighted by molar-refractivity contribution is -0.150. The molecule has 1 rings (SSSR count). The SMILES string of the molecule is CC(C)(C)OC(=O)C(=CC(=O)O)CCc1ccccc1. The minimum absolute atomic E-state index is 0.177. The molecule has 4 heteroatoms. The molecule has 0 saturated heterocycles. The third kappa shape index (κ3) is 6.18. The maximum Gasteiger partial charge on any atom is 0.334 e. The van der Waals surface area contributed by atoms with E-state index in [4.69, 9.17) is 9.84 Å². The molecule has 0 heterocycles. The Morgan fingerprint density at radius 2 is 1.80 bits per heavy atom. The number of ether oxygens (including phenoxy) is 1. The minimum Gasteiger partial charge on any atom is -0.478 e. The van der Waals surface area contributed by atoms with Gasteiger partial charge in [0.05, 0.1) is 0 Å². The van der Waals surface area contributed by atoms with Crippen LogP contribution in [0.3, 0.4) is 0 Å². The van der Waals surface area contributed by atoms with Crippen LogP contribution >= 0.6 is 0 Å². The van der Waals surface area contributed by atoms with Gasteiger partial charge in [-0.05, 0) is 39.2 Å². The summed E-state index contributed by atoms with van der Waals surface area (Å²) in [5, 5.41) is 8.84. The van der Waals surface area contributed by atoms with Crippen molar-refractivity contribution >= 4 is 11.9 Å². The van der Waals surface area contributed by atoms with Crippen molar-refractivity contribution < 1.29 is 19.4 Å². The summed E-state index contributed by atoms with van der Waals surface area (Å²) >= 11 is 0. The number of carbonyl (C=O) groups is 2. The molecule has 0 unspecified atom stereocenters. The van der Waals surface area contributed by atoms with Crippen LogP contribution in [0.4, 0.5) is 0 Å². The second-order valence-electron chi connectivity index (χ2n) is 5.50. The first-order chi connectivity index (χ1) is 9.28. The van der Waals surface area contributed by atoms with Gasteiger partial charge in [0.25, 0.3) is 0 Å². The molecule has 0 bridgehead atoms. The molecular weight excluding hydrogens is 256 g/mol. The molecule has 4 nitrogen and oxygen atoms in total. The first-order valence-corrected chi connectivity index (χ1v) is 6.49. The van der Waals surface area contributed by atoms with E-state index in [0.717, 1.165) is 11.6 Å². The molecule has 0 radical (unpaired) electrons. The van der Waals surface area contributed by atoms with E-state index >= 15 is 0 Å². The summed E-state index contributed by atoms with van der Waals surface area (Å²) in [4.78, 5) is 22.8. The average molecular weight is 276 g/mol. The number of hydrogen-bond donors (Lipinski definition) is 1. The molecule has 0 spiro atoms. The van der Waals surface area contributed by atoms with E-state index in [-0.39, 0.29) is 5.57 Å². The summed E-state index contributed by atoms with van der Waals surface area (Å²) in [5.74, 6) is -1.71. The Morgan fingerprint density at radius 1 is 1.20 bits per heavy atom. The molecule has 20 heavy (non-hydrogen) atoms. The summed E-state index contributed by atoms with van der Waals surface area (Å²) in [6.45, 7) is 5.25. The Balaban J connectivity index is 2.76. The molecule has 0 fully saturated rings. The maximum absolute atomic E-state index is 12.0. The third-order valence-corrected chi connectivity index (χ3v) is 2.48. The molecule has 0 saturated carbocycles. The van der Waals surface area contributed by atoms with Gasteiger partial charge in [0.15, 0.2) is 0 Å². The van der Waals surface area contributed by atoms with E-state index in [0.29, 0.717) is 12.8 Å². The van der Waals surface area contributed by atoms with Crippen LogP contribution in [-0.2, 0) is 20.7 Å². The summed E-state index contributed by atoms with van der Waals surface area (Å²) in [6, 6.07) is 9.60. The van der Waals surface area contributed by atoms with Crippen molar-refractivity contribution in [3.63, 3.8) is 0 Å². The van der Waals surface area contributed by atoms with E-state index in [2.05, 4.69) is 0 Å². The topological polar surface area (TPSA) is 63.6 Å². The Bertz CT molecular complexity index is 495. The molecule has 0 aliphatic carbocycles. The van der Waals surface area contributed by atoms with Gasteiger partial charge in [-0.25, -0.2) is 9.59 Å². The molecule has 108 valence electrons. The standard InChI is InChI=1S/C16H20O4/c1-16(2,3)20-15(19)13(11-14(17)18)10-9-12-7-5-4-6-8-12/h4-8,11H,9-10H2,1-3H3,(H,17,18). The van der Waals surface area contributed by atoms with Crippen molar-refractivity contribution in [2.45, 2.75) is 39.2 Å². The van der Waals surface area contributed by atoms with Crippen molar-refractivity contribution in [3.8, 4) is 0 Å². The minimum atomic E-state index is -1.14. The van der Waals surface area contributed by atoms with Gasteiger partial charge >= 0.3 is 11.9 Å². The summed E-state index contributed by atoms with van der Waals surface area (Å²) in [5.41, 5.74) is 0.588. The highest BCUT2D eigenvalue weighted by Crippen LogP contribution is 2.15. The van der Waals surface area contributed by atoms with Gasteiger partial charge in [0.1, 0.15) is 5.60 Å². The molecule has 0 aromatic heterocycles. The fourth-order valence-corrected chi connectivity index (χ4v) is 1.65. The number of benzene rings is 1. The van der Waals surface area contributed by atoms with Crippen molar-refractivity contribution in [2.75, 3.05) is 0 Å². The van der Waals surface area contributed by atoms with Crippen LogP contribution in [0.15, 0.2) is 42.0 Å². The van der Waals surface area contributed by atoms with Gasteiger partial charge in [-0.1, -0.05) is 30.3 Å². The van der Waals surface area contributed by atoms with Gasteiger partial charge in [0, 0.05) is 11.6 Å². The predicted octanol–water partition coefficient (Wildman–Crippen LogP) is 2.97. The molecule has 0 aliphatic heterocycles. The Labute approximate surface area is 119 Å². The van der Waals surface area contributed by atoms with E-state index < -0.39 is 17.5 Å². The van der Waals surface area contributed by atoms with Gasteiger partial charge in [-0.2, -0.15) is 0 Å². The highest BCUT2D eigenvalue weighted by molar-refractivity contribution is 5.95. The lowest BCUT2D eigenvalue weighted by atomic mass is 10.0. The van der Waals surface area contributed by atoms with Crippen LogP contribution in [0.5, 0.6) is 0 Å². The Hall–Kier alpha value is -2.10. The first kappa shape index (κ1) is 16.0. The fourth-order valence-electron chi connectivity index (χ4n) is 1.65. The number of aliphatic carboxylic acids is 1. The first-order valence-electron chi connectivity index (χ1n) is 6.49. The predicted molar refractivity (Wildman–Crippen MR) is 76.3 cm³/mol. The van der Waals surface area contributed by atoms with E-state index in [9.17, 15) is 9.59 Å². The van der Waals surface area contributed by atoms with Crippen LogP contribution in [0, 0.1) is 0 Å². The highest BCUT2D eigenvalue weighted by Gasteiger charge is 2.20. The van der Waals surface area contributed by atoms with Gasteiger partial charge in [-0.3, -0.25) is 0 Å². The van der Waals surface area contributed by atoms with Crippen molar-refractivity contribution in [1.29, 1.82) is 0 Å². The van der Waals surface area contributed by atoms with Crippen LogP contribution in [0.2, 0.25) is 0 Å². The quantitative estimate of drug-likeness (QED) is 0.663. The zero-order chi connectivity index (χ0) is 15.2. The smallest absolute Gasteiger partial charge is 0.334 e. The van der Waals surface area contributed by atoms with E-state index in [1.54, 1.807) is 20.8 Å². The van der Waals surface area contributed by atoms with Crippen LogP contribution in [0.25, 0.3) is 0 Å². The molecule has 0 aliphatic rings. The summed E-state index contributed by atoms with van der Waals surface area (Å²) in [7, 11) is 0. The molecule has 0 amide bonds. The van der Waals surface area contributed by atoms with Crippen LogP contribution in [-0.4, -0.2) is 22.6 Å². The number of rotatable bonds is 5. The lowest BCUT2D eigenvalue weighted by Gasteiger charge is -2.20. The monoisotopic (exact) mass is 276 g/mol. The van der Waals surface area contributed by atoms with Crippen molar-refractivity contribution in [3.05, 3.63) is 47.5 Å². The van der Waals surface area contributed by atoms with Gasteiger partial charge < -0.3 is 9.84 Å².